The van der Waals surface area contributed by atoms with Gasteiger partial charge < -0.3 is 15.0 Å². The smallest absolute Gasteiger partial charge is 0.417 e. The average molecular weight is 506 g/mol. The van der Waals surface area contributed by atoms with E-state index in [1.54, 1.807) is 11.0 Å². The van der Waals surface area contributed by atoms with Crippen LogP contribution >= 0.6 is 11.3 Å². The molecular weight excluding hydrogens is 479 g/mol. The number of ether oxygens (including phenoxy) is 1. The van der Waals surface area contributed by atoms with E-state index >= 15 is 0 Å². The lowest BCUT2D eigenvalue weighted by Gasteiger charge is -2.25. The zero-order chi connectivity index (χ0) is 25.0. The molecule has 0 bridgehead atoms. The van der Waals surface area contributed by atoms with Gasteiger partial charge in [0, 0.05) is 42.5 Å². The van der Waals surface area contributed by atoms with E-state index in [-0.39, 0.29) is 23.4 Å². The minimum absolute atomic E-state index is 0.0833. The van der Waals surface area contributed by atoms with Gasteiger partial charge in [0.1, 0.15) is 11.3 Å². The highest BCUT2D eigenvalue weighted by atomic mass is 32.1. The zero-order valence-corrected chi connectivity index (χ0v) is 20.4. The Bertz CT molecular complexity index is 1240. The number of anilines is 1. The summed E-state index contributed by atoms with van der Waals surface area (Å²) < 4.78 is 47.0. The van der Waals surface area contributed by atoms with E-state index in [1.165, 1.54) is 17.5 Å². The minimum Gasteiger partial charge on any atom is -0.444 e. The third kappa shape index (κ3) is 4.78. The Morgan fingerprint density at radius 3 is 2.51 bits per heavy atom. The zero-order valence-electron chi connectivity index (χ0n) is 19.6. The third-order valence-electron chi connectivity index (χ3n) is 6.51. The molecule has 5 rings (SSSR count). The van der Waals surface area contributed by atoms with Crippen LogP contribution in [0.25, 0.3) is 21.3 Å². The monoisotopic (exact) mass is 505 g/mol. The van der Waals surface area contributed by atoms with Gasteiger partial charge in [-0.2, -0.15) is 13.2 Å². The summed E-state index contributed by atoms with van der Waals surface area (Å²) in [6.07, 6.45) is -0.727. The Labute approximate surface area is 204 Å². The standard InChI is InChI=1S/C24H26F3N5O2S/c1-23(2,3)34-22(33)32-11-13-8-15(9-14(13)12-32)29-21-20-16(5-7-35-20)19(30-31-21)17-10-28-6-4-18(17)24(25,26)27/h4-7,10,13-15H,8-9,11-12H2,1-3H3,(H,29,31)/t13-,14+,15?. The van der Waals surface area contributed by atoms with Gasteiger partial charge in [-0.3, -0.25) is 4.98 Å². The van der Waals surface area contributed by atoms with Crippen LogP contribution in [0, 0.1) is 11.8 Å². The number of aromatic nitrogens is 3. The molecule has 3 aromatic heterocycles. The van der Waals surface area contributed by atoms with E-state index in [0.29, 0.717) is 36.1 Å². The molecule has 1 saturated carbocycles. The van der Waals surface area contributed by atoms with Crippen LogP contribution in [0.15, 0.2) is 29.9 Å². The number of carbonyl (C=O) groups is 1. The molecule has 1 unspecified atom stereocenters. The topological polar surface area (TPSA) is 80.2 Å². The van der Waals surface area contributed by atoms with Crippen LogP contribution in [0.1, 0.15) is 39.2 Å². The molecule has 1 saturated heterocycles. The van der Waals surface area contributed by atoms with Gasteiger partial charge in [0.2, 0.25) is 0 Å². The number of nitrogens with one attached hydrogen (secondary N) is 1. The maximum atomic E-state index is 13.6. The summed E-state index contributed by atoms with van der Waals surface area (Å²) in [5.41, 5.74) is -1.22. The van der Waals surface area contributed by atoms with E-state index in [1.807, 2.05) is 26.2 Å². The number of halogens is 3. The van der Waals surface area contributed by atoms with E-state index in [0.717, 1.165) is 29.8 Å². The summed E-state index contributed by atoms with van der Waals surface area (Å²) in [5, 5.41) is 14.4. The molecule has 1 N–H and O–H groups in total. The van der Waals surface area contributed by atoms with Gasteiger partial charge in [0.25, 0.3) is 0 Å². The highest BCUT2D eigenvalue weighted by molar-refractivity contribution is 7.17. The first-order valence-corrected chi connectivity index (χ1v) is 12.4. The molecule has 1 amide bonds. The molecule has 0 aromatic carbocycles. The number of fused-ring (bicyclic) bond motifs is 2. The van der Waals surface area contributed by atoms with Gasteiger partial charge in [-0.1, -0.05) is 0 Å². The molecule has 2 aliphatic rings. The van der Waals surface area contributed by atoms with E-state index in [2.05, 4.69) is 20.5 Å². The van der Waals surface area contributed by atoms with Crippen LogP contribution < -0.4 is 5.32 Å². The van der Waals surface area contributed by atoms with Crippen LogP contribution in [0.3, 0.4) is 0 Å². The van der Waals surface area contributed by atoms with Crippen molar-refractivity contribution in [2.24, 2.45) is 11.8 Å². The molecule has 1 aliphatic carbocycles. The van der Waals surface area contributed by atoms with Crippen molar-refractivity contribution in [1.29, 1.82) is 0 Å². The Morgan fingerprint density at radius 2 is 1.86 bits per heavy atom. The third-order valence-corrected chi connectivity index (χ3v) is 7.43. The molecule has 0 radical (unpaired) electrons. The number of likely N-dealkylation sites (tertiary alicyclic amines) is 1. The summed E-state index contributed by atoms with van der Waals surface area (Å²) in [6.45, 7) is 6.91. The normalized spacial score (nSPS) is 22.5. The van der Waals surface area contributed by atoms with Crippen LogP contribution in [-0.4, -0.2) is 50.9 Å². The molecule has 7 nitrogen and oxygen atoms in total. The summed E-state index contributed by atoms with van der Waals surface area (Å²) in [6, 6.07) is 2.88. The Balaban J connectivity index is 1.32. The predicted molar refractivity (Wildman–Crippen MR) is 127 cm³/mol. The van der Waals surface area contributed by atoms with Gasteiger partial charge in [-0.05, 0) is 63.0 Å². The van der Waals surface area contributed by atoms with Crippen molar-refractivity contribution in [3.63, 3.8) is 0 Å². The van der Waals surface area contributed by atoms with E-state index < -0.39 is 17.3 Å². The lowest BCUT2D eigenvalue weighted by molar-refractivity contribution is -0.137. The van der Waals surface area contributed by atoms with Crippen LogP contribution in [0.2, 0.25) is 0 Å². The van der Waals surface area contributed by atoms with Crippen molar-refractivity contribution in [2.75, 3.05) is 18.4 Å². The molecule has 3 atom stereocenters. The molecule has 186 valence electrons. The van der Waals surface area contributed by atoms with Crippen molar-refractivity contribution in [3.05, 3.63) is 35.5 Å². The van der Waals surface area contributed by atoms with Gasteiger partial charge >= 0.3 is 12.3 Å². The van der Waals surface area contributed by atoms with Crippen molar-refractivity contribution in [2.45, 2.75) is 51.4 Å². The molecule has 35 heavy (non-hydrogen) atoms. The van der Waals surface area contributed by atoms with Crippen LogP contribution in [0.4, 0.5) is 23.8 Å². The molecule has 4 heterocycles. The number of pyridine rings is 1. The lowest BCUT2D eigenvalue weighted by atomic mass is 10.0. The minimum atomic E-state index is -4.52. The van der Waals surface area contributed by atoms with E-state index in [4.69, 9.17) is 4.74 Å². The Morgan fingerprint density at radius 1 is 1.14 bits per heavy atom. The fourth-order valence-electron chi connectivity index (χ4n) is 5.09. The summed E-state index contributed by atoms with van der Waals surface area (Å²) >= 11 is 1.41. The Kier molecular flexibility index (Phi) is 5.85. The summed E-state index contributed by atoms with van der Waals surface area (Å²) in [7, 11) is 0. The fraction of sp³-hybridized carbons (Fsp3) is 0.500. The number of thiophene rings is 1. The van der Waals surface area contributed by atoms with Crippen LogP contribution in [-0.2, 0) is 10.9 Å². The van der Waals surface area contributed by atoms with Crippen LogP contribution in [0.5, 0.6) is 0 Å². The highest BCUT2D eigenvalue weighted by Gasteiger charge is 2.43. The molecule has 2 fully saturated rings. The Hall–Kier alpha value is -2.95. The SMILES string of the molecule is CC(C)(C)OC(=O)N1C[C@H]2CC(Nc3nnc(-c4cnccc4C(F)(F)F)c4ccsc34)C[C@H]2C1. The molecule has 0 spiro atoms. The van der Waals surface area contributed by atoms with E-state index in [9.17, 15) is 18.0 Å². The maximum Gasteiger partial charge on any atom is 0.417 e. The van der Waals surface area contributed by atoms with Gasteiger partial charge in [0.05, 0.1) is 10.3 Å². The fourth-order valence-corrected chi connectivity index (χ4v) is 5.93. The first-order chi connectivity index (χ1) is 16.5. The maximum absolute atomic E-state index is 13.6. The number of hydrogen-bond acceptors (Lipinski definition) is 7. The number of nitrogens with zero attached hydrogens (tertiary/aromatic N) is 4. The predicted octanol–water partition coefficient (Wildman–Crippen LogP) is 5.83. The molecule has 1 aliphatic heterocycles. The quantitative estimate of drug-likeness (QED) is 0.483. The van der Waals surface area contributed by atoms with Crippen molar-refractivity contribution in [3.8, 4) is 11.3 Å². The molecular formula is C24H26F3N5O2S. The highest BCUT2D eigenvalue weighted by Crippen LogP contribution is 2.42. The largest absolute Gasteiger partial charge is 0.444 e. The van der Waals surface area contributed by atoms with Crippen molar-refractivity contribution >= 4 is 33.3 Å². The first-order valence-electron chi connectivity index (χ1n) is 11.5. The summed E-state index contributed by atoms with van der Waals surface area (Å²) in [5.74, 6) is 1.32. The second-order valence-electron chi connectivity index (χ2n) is 10.2. The van der Waals surface area contributed by atoms with Gasteiger partial charge in [-0.15, -0.1) is 21.5 Å². The number of carbonyl (C=O) groups excluding carboxylic acids is 1. The van der Waals surface area contributed by atoms with Gasteiger partial charge in [-0.25, -0.2) is 4.79 Å². The molecule has 11 heteroatoms. The van der Waals surface area contributed by atoms with Gasteiger partial charge in [0.15, 0.2) is 5.82 Å². The summed E-state index contributed by atoms with van der Waals surface area (Å²) in [4.78, 5) is 18.1. The lowest BCUT2D eigenvalue weighted by Crippen LogP contribution is -2.36. The second-order valence-corrected chi connectivity index (χ2v) is 11.1. The van der Waals surface area contributed by atoms with Crippen molar-refractivity contribution in [1.82, 2.24) is 20.1 Å². The van der Waals surface area contributed by atoms with Crippen molar-refractivity contribution < 1.29 is 22.7 Å². The molecule has 3 aromatic rings. The second kappa shape index (κ2) is 8.61. The number of alkyl halides is 3. The number of amides is 1. The number of hydrogen-bond donors (Lipinski definition) is 1. The first kappa shape index (κ1) is 23.8. The number of rotatable bonds is 3. The average Bonchev–Trinajstić information content (AvgIpc) is 3.47.